The molecule has 0 aromatic heterocycles. The van der Waals surface area contributed by atoms with Crippen molar-refractivity contribution in [2.75, 3.05) is 5.32 Å². The van der Waals surface area contributed by atoms with E-state index in [-0.39, 0.29) is 16.9 Å². The van der Waals surface area contributed by atoms with Gasteiger partial charge in [0.1, 0.15) is 0 Å². The van der Waals surface area contributed by atoms with Crippen molar-refractivity contribution < 1.29 is 14.4 Å². The molecule has 0 saturated carbocycles. The number of hydrogen-bond acceptors (Lipinski definition) is 4. The van der Waals surface area contributed by atoms with E-state index in [1.54, 1.807) is 42.5 Å². The molecular formula is C20H22N4O3S. The molecule has 2 aromatic rings. The number of hydrogen-bond donors (Lipinski definition) is 4. The summed E-state index contributed by atoms with van der Waals surface area (Å²) in [6, 6.07) is 13.5. The SMILES string of the molecule is CCCC(=O)Nc1ccc(C(=O)NNC(=S)NC(=O)c2cccc(C)c2)cc1. The van der Waals surface area contributed by atoms with Crippen LogP contribution in [0, 0.1) is 6.92 Å². The van der Waals surface area contributed by atoms with Crippen molar-refractivity contribution in [1.29, 1.82) is 0 Å². The number of rotatable bonds is 5. The van der Waals surface area contributed by atoms with Gasteiger partial charge in [0.15, 0.2) is 5.11 Å². The third-order valence-electron chi connectivity index (χ3n) is 3.70. The molecule has 8 heteroatoms. The quantitative estimate of drug-likeness (QED) is 0.458. The van der Waals surface area contributed by atoms with Crippen LogP contribution in [0.1, 0.15) is 46.0 Å². The van der Waals surface area contributed by atoms with Gasteiger partial charge in [-0.2, -0.15) is 0 Å². The molecule has 0 radical (unpaired) electrons. The Bertz CT molecular complexity index is 881. The van der Waals surface area contributed by atoms with Crippen LogP contribution in [0.5, 0.6) is 0 Å². The zero-order valence-electron chi connectivity index (χ0n) is 15.7. The Morgan fingerprint density at radius 2 is 1.64 bits per heavy atom. The van der Waals surface area contributed by atoms with Gasteiger partial charge in [-0.15, -0.1) is 0 Å². The summed E-state index contributed by atoms with van der Waals surface area (Å²) in [4.78, 5) is 35.8. The maximum atomic E-state index is 12.2. The Labute approximate surface area is 168 Å². The van der Waals surface area contributed by atoms with Gasteiger partial charge in [-0.1, -0.05) is 24.6 Å². The number of nitrogens with one attached hydrogen (secondary N) is 4. The van der Waals surface area contributed by atoms with Gasteiger partial charge in [0.25, 0.3) is 11.8 Å². The molecule has 2 aromatic carbocycles. The highest BCUT2D eigenvalue weighted by Crippen LogP contribution is 2.10. The van der Waals surface area contributed by atoms with E-state index in [2.05, 4.69) is 21.5 Å². The average Bonchev–Trinajstić information content (AvgIpc) is 2.67. The molecule has 4 N–H and O–H groups in total. The van der Waals surface area contributed by atoms with E-state index in [0.717, 1.165) is 12.0 Å². The van der Waals surface area contributed by atoms with Crippen molar-refractivity contribution in [1.82, 2.24) is 16.2 Å². The van der Waals surface area contributed by atoms with Gasteiger partial charge in [-0.25, -0.2) is 0 Å². The predicted molar refractivity (Wildman–Crippen MR) is 112 cm³/mol. The van der Waals surface area contributed by atoms with Crippen LogP contribution in [0.25, 0.3) is 0 Å². The highest BCUT2D eigenvalue weighted by atomic mass is 32.1. The second kappa shape index (κ2) is 10.2. The monoisotopic (exact) mass is 398 g/mol. The molecule has 0 fully saturated rings. The van der Waals surface area contributed by atoms with Crippen molar-refractivity contribution >= 4 is 40.7 Å². The smallest absolute Gasteiger partial charge is 0.269 e. The highest BCUT2D eigenvalue weighted by Gasteiger charge is 2.10. The Morgan fingerprint density at radius 1 is 0.929 bits per heavy atom. The normalized spacial score (nSPS) is 9.93. The van der Waals surface area contributed by atoms with E-state index in [9.17, 15) is 14.4 Å². The third kappa shape index (κ3) is 6.48. The van der Waals surface area contributed by atoms with Crippen LogP contribution < -0.4 is 21.5 Å². The molecule has 0 saturated heterocycles. The van der Waals surface area contributed by atoms with Gasteiger partial charge in [-0.05, 0) is 62.0 Å². The van der Waals surface area contributed by atoms with E-state index >= 15 is 0 Å². The summed E-state index contributed by atoms with van der Waals surface area (Å²) in [5.74, 6) is -0.878. The molecule has 0 aliphatic carbocycles. The maximum Gasteiger partial charge on any atom is 0.269 e. The fourth-order valence-electron chi connectivity index (χ4n) is 2.33. The molecule has 0 unspecified atom stereocenters. The van der Waals surface area contributed by atoms with Gasteiger partial charge in [0.05, 0.1) is 0 Å². The number of thiocarbonyl (C=S) groups is 1. The Kier molecular flexibility index (Phi) is 7.65. The van der Waals surface area contributed by atoms with Crippen LogP contribution in [0.15, 0.2) is 48.5 Å². The molecule has 146 valence electrons. The van der Waals surface area contributed by atoms with Crippen LogP contribution in [0.2, 0.25) is 0 Å². The second-order valence-corrected chi connectivity index (χ2v) is 6.52. The fraction of sp³-hybridized carbons (Fsp3) is 0.200. The van der Waals surface area contributed by atoms with E-state index in [0.29, 0.717) is 23.2 Å². The first-order chi connectivity index (χ1) is 13.4. The Morgan fingerprint density at radius 3 is 2.29 bits per heavy atom. The minimum atomic E-state index is -0.432. The Balaban J connectivity index is 1.83. The molecule has 7 nitrogen and oxygen atoms in total. The molecule has 0 bridgehead atoms. The number of amides is 3. The standard InChI is InChI=1S/C20H22N4O3S/c1-3-5-17(25)21-16-10-8-14(9-11-16)19(27)23-24-20(28)22-18(26)15-7-4-6-13(2)12-15/h4,6-12H,3,5H2,1-2H3,(H,21,25)(H,23,27)(H2,22,24,26,28). The predicted octanol–water partition coefficient (Wildman–Crippen LogP) is 2.68. The van der Waals surface area contributed by atoms with E-state index in [4.69, 9.17) is 12.2 Å². The zero-order valence-corrected chi connectivity index (χ0v) is 16.5. The molecule has 0 aliphatic heterocycles. The van der Waals surface area contributed by atoms with Crippen molar-refractivity contribution in [3.05, 3.63) is 65.2 Å². The van der Waals surface area contributed by atoms with E-state index < -0.39 is 5.91 Å². The number of anilines is 1. The minimum absolute atomic E-state index is 0.0247. The number of carbonyl (C=O) groups excluding carboxylic acids is 3. The summed E-state index contributed by atoms with van der Waals surface area (Å²) in [5, 5.41) is 5.21. The highest BCUT2D eigenvalue weighted by molar-refractivity contribution is 7.80. The summed E-state index contributed by atoms with van der Waals surface area (Å²) in [7, 11) is 0. The molecule has 0 spiro atoms. The summed E-state index contributed by atoms with van der Waals surface area (Å²) < 4.78 is 0. The summed E-state index contributed by atoms with van der Waals surface area (Å²) in [5.41, 5.74) is 7.31. The molecule has 28 heavy (non-hydrogen) atoms. The lowest BCUT2D eigenvalue weighted by Crippen LogP contribution is -2.48. The number of benzene rings is 2. The molecule has 0 heterocycles. The molecule has 0 aliphatic rings. The lowest BCUT2D eigenvalue weighted by atomic mass is 10.1. The lowest BCUT2D eigenvalue weighted by molar-refractivity contribution is -0.116. The topological polar surface area (TPSA) is 99.3 Å². The minimum Gasteiger partial charge on any atom is -0.326 e. The third-order valence-corrected chi connectivity index (χ3v) is 3.91. The van der Waals surface area contributed by atoms with Crippen molar-refractivity contribution in [3.8, 4) is 0 Å². The molecule has 2 rings (SSSR count). The number of carbonyl (C=O) groups is 3. The second-order valence-electron chi connectivity index (χ2n) is 6.11. The van der Waals surface area contributed by atoms with Crippen LogP contribution >= 0.6 is 12.2 Å². The van der Waals surface area contributed by atoms with Crippen LogP contribution in [-0.4, -0.2) is 22.8 Å². The van der Waals surface area contributed by atoms with Crippen LogP contribution in [-0.2, 0) is 4.79 Å². The molecule has 3 amide bonds. The fourth-order valence-corrected chi connectivity index (χ4v) is 2.48. The lowest BCUT2D eigenvalue weighted by Gasteiger charge is -2.11. The first-order valence-electron chi connectivity index (χ1n) is 8.77. The van der Waals surface area contributed by atoms with Crippen molar-refractivity contribution in [2.45, 2.75) is 26.7 Å². The van der Waals surface area contributed by atoms with Gasteiger partial charge in [-0.3, -0.25) is 30.6 Å². The number of aryl methyl sites for hydroxylation is 1. The van der Waals surface area contributed by atoms with Gasteiger partial charge < -0.3 is 5.32 Å². The first-order valence-corrected chi connectivity index (χ1v) is 9.18. The summed E-state index contributed by atoms with van der Waals surface area (Å²) in [6.45, 7) is 3.81. The van der Waals surface area contributed by atoms with Gasteiger partial charge in [0.2, 0.25) is 5.91 Å². The zero-order chi connectivity index (χ0) is 20.5. The number of hydrazine groups is 1. The summed E-state index contributed by atoms with van der Waals surface area (Å²) in [6.07, 6.45) is 1.20. The van der Waals surface area contributed by atoms with Gasteiger partial charge in [0, 0.05) is 23.2 Å². The van der Waals surface area contributed by atoms with E-state index in [1.807, 2.05) is 19.9 Å². The average molecular weight is 398 g/mol. The maximum absolute atomic E-state index is 12.2. The van der Waals surface area contributed by atoms with Crippen molar-refractivity contribution in [2.24, 2.45) is 0 Å². The van der Waals surface area contributed by atoms with Crippen LogP contribution in [0.4, 0.5) is 5.69 Å². The summed E-state index contributed by atoms with van der Waals surface area (Å²) >= 11 is 5.02. The Hall–Kier alpha value is -3.26. The molecule has 0 atom stereocenters. The first kappa shape index (κ1) is 21.0. The largest absolute Gasteiger partial charge is 0.326 e. The van der Waals surface area contributed by atoms with Crippen LogP contribution in [0.3, 0.4) is 0 Å². The molecular weight excluding hydrogens is 376 g/mol. The van der Waals surface area contributed by atoms with Crippen molar-refractivity contribution in [3.63, 3.8) is 0 Å². The van der Waals surface area contributed by atoms with E-state index in [1.165, 1.54) is 0 Å². The van der Waals surface area contributed by atoms with Gasteiger partial charge >= 0.3 is 0 Å².